The van der Waals surface area contributed by atoms with Crippen LogP contribution >= 0.6 is 0 Å². The van der Waals surface area contributed by atoms with Crippen molar-refractivity contribution in [1.29, 1.82) is 0 Å². The summed E-state index contributed by atoms with van der Waals surface area (Å²) in [7, 11) is -2.54. The van der Waals surface area contributed by atoms with E-state index >= 15 is 0 Å². The van der Waals surface area contributed by atoms with Gasteiger partial charge in [0.25, 0.3) is 5.69 Å². The predicted octanol–water partition coefficient (Wildman–Crippen LogP) is 1.77. The van der Waals surface area contributed by atoms with Crippen LogP contribution in [-0.2, 0) is 19.6 Å². The summed E-state index contributed by atoms with van der Waals surface area (Å²) < 4.78 is 31.3. The molecule has 1 heterocycles. The predicted molar refractivity (Wildman–Crippen MR) is 95.6 cm³/mol. The highest BCUT2D eigenvalue weighted by Crippen LogP contribution is 2.36. The highest BCUT2D eigenvalue weighted by atomic mass is 32.2. The van der Waals surface area contributed by atoms with E-state index in [0.29, 0.717) is 19.4 Å². The molecule has 1 fully saturated rings. The first-order valence-corrected chi connectivity index (χ1v) is 9.85. The average molecular weight is 385 g/mol. The minimum Gasteiger partial charge on any atom is -0.467 e. The quantitative estimate of drug-likeness (QED) is 0.399. The number of rotatable bonds is 7. The lowest BCUT2D eigenvalue weighted by atomic mass is 10.2. The van der Waals surface area contributed by atoms with Crippen LogP contribution in [0.25, 0.3) is 0 Å². The summed E-state index contributed by atoms with van der Waals surface area (Å²) in [5.41, 5.74) is -0.115. The summed E-state index contributed by atoms with van der Waals surface area (Å²) in [6.07, 6.45) is 1.22. The van der Waals surface area contributed by atoms with Crippen molar-refractivity contribution in [2.75, 3.05) is 31.6 Å². The number of esters is 1. The number of hydrogen-bond acceptors (Lipinski definition) is 7. The van der Waals surface area contributed by atoms with Crippen LogP contribution in [0.2, 0.25) is 0 Å². The number of nitro benzene ring substituents is 1. The van der Waals surface area contributed by atoms with Gasteiger partial charge in [-0.25, -0.2) is 13.2 Å². The van der Waals surface area contributed by atoms with Gasteiger partial charge < -0.3 is 9.64 Å². The normalized spacial score (nSPS) is 17.5. The van der Waals surface area contributed by atoms with Gasteiger partial charge in [0, 0.05) is 25.7 Å². The molecule has 1 aliphatic rings. The number of methoxy groups -OCH3 is 1. The number of anilines is 1. The molecule has 144 valence electrons. The summed E-state index contributed by atoms with van der Waals surface area (Å²) in [5.74, 6) is -0.461. The van der Waals surface area contributed by atoms with Crippen molar-refractivity contribution in [3.8, 4) is 0 Å². The summed E-state index contributed by atoms with van der Waals surface area (Å²) in [6.45, 7) is 4.41. The number of carbonyl (C=O) groups excluding carboxylic acids is 1. The van der Waals surface area contributed by atoms with E-state index in [4.69, 9.17) is 4.74 Å². The Labute approximate surface area is 152 Å². The number of ether oxygens (including phenoxy) is 1. The maximum absolute atomic E-state index is 12.6. The molecule has 0 spiro atoms. The van der Waals surface area contributed by atoms with Crippen molar-refractivity contribution in [3.63, 3.8) is 0 Å². The maximum Gasteiger partial charge on any atom is 0.328 e. The van der Waals surface area contributed by atoms with Gasteiger partial charge >= 0.3 is 5.97 Å². The van der Waals surface area contributed by atoms with Gasteiger partial charge in [0.05, 0.1) is 16.9 Å². The second-order valence-corrected chi connectivity index (χ2v) is 7.81. The Hall–Kier alpha value is -2.20. The fourth-order valence-corrected chi connectivity index (χ4v) is 4.68. The standard InChI is InChI=1S/C16H23N3O6S/c1-4-17(5-2)26(23,24)12-8-9-13(15(11-12)19(21)22)18-10-6-7-14(18)16(20)25-3/h8-9,11,14H,4-7,10H2,1-3H3. The molecule has 1 aromatic carbocycles. The molecule has 1 atom stereocenters. The van der Waals surface area contributed by atoms with Gasteiger partial charge in [-0.05, 0) is 25.0 Å². The van der Waals surface area contributed by atoms with E-state index in [1.54, 1.807) is 18.7 Å². The number of hydrogen-bond donors (Lipinski definition) is 0. The number of nitro groups is 1. The number of nitrogens with zero attached hydrogens (tertiary/aromatic N) is 3. The molecule has 1 saturated heterocycles. The van der Waals surface area contributed by atoms with E-state index in [-0.39, 0.29) is 29.4 Å². The molecule has 0 radical (unpaired) electrons. The minimum absolute atomic E-state index is 0.134. The Kier molecular flexibility index (Phi) is 6.19. The molecule has 26 heavy (non-hydrogen) atoms. The summed E-state index contributed by atoms with van der Waals surface area (Å²) in [5, 5.41) is 11.6. The van der Waals surface area contributed by atoms with Gasteiger partial charge in [-0.2, -0.15) is 4.31 Å². The molecule has 0 N–H and O–H groups in total. The van der Waals surface area contributed by atoms with E-state index < -0.39 is 27.0 Å². The van der Waals surface area contributed by atoms with Gasteiger partial charge in [-0.1, -0.05) is 13.8 Å². The molecule has 1 unspecified atom stereocenters. The molecule has 1 aliphatic heterocycles. The van der Waals surface area contributed by atoms with Crippen molar-refractivity contribution in [1.82, 2.24) is 4.31 Å². The minimum atomic E-state index is -3.81. The Bertz CT molecular complexity index is 791. The van der Waals surface area contributed by atoms with Crippen LogP contribution < -0.4 is 4.90 Å². The van der Waals surface area contributed by atoms with E-state index in [2.05, 4.69) is 0 Å². The van der Waals surface area contributed by atoms with Crippen molar-refractivity contribution in [2.45, 2.75) is 37.6 Å². The first-order valence-electron chi connectivity index (χ1n) is 8.40. The first-order chi connectivity index (χ1) is 12.3. The Morgan fingerprint density at radius 1 is 1.38 bits per heavy atom. The largest absolute Gasteiger partial charge is 0.467 e. The van der Waals surface area contributed by atoms with Gasteiger partial charge in [-0.15, -0.1) is 0 Å². The van der Waals surface area contributed by atoms with E-state index in [9.17, 15) is 23.3 Å². The molecule has 0 aromatic heterocycles. The van der Waals surface area contributed by atoms with Gasteiger partial charge in [0.1, 0.15) is 11.7 Å². The molecular formula is C16H23N3O6S. The summed E-state index contributed by atoms with van der Waals surface area (Å²) >= 11 is 0. The lowest BCUT2D eigenvalue weighted by molar-refractivity contribution is -0.384. The maximum atomic E-state index is 12.6. The monoisotopic (exact) mass is 385 g/mol. The Morgan fingerprint density at radius 2 is 2.04 bits per heavy atom. The second kappa shape index (κ2) is 8.00. The zero-order valence-corrected chi connectivity index (χ0v) is 15.9. The van der Waals surface area contributed by atoms with Crippen LogP contribution in [-0.4, -0.2) is 56.4 Å². The molecule has 0 saturated carbocycles. The molecule has 1 aromatic rings. The number of sulfonamides is 1. The van der Waals surface area contributed by atoms with E-state index in [0.717, 1.165) is 6.07 Å². The van der Waals surface area contributed by atoms with Crippen LogP contribution in [0, 0.1) is 10.1 Å². The van der Waals surface area contributed by atoms with E-state index in [1.807, 2.05) is 0 Å². The molecule has 0 amide bonds. The fourth-order valence-electron chi connectivity index (χ4n) is 3.20. The SMILES string of the molecule is CCN(CC)S(=O)(=O)c1ccc(N2CCCC2C(=O)OC)c([N+](=O)[O-])c1. The third-order valence-corrected chi connectivity index (χ3v) is 6.57. The zero-order chi connectivity index (χ0) is 19.5. The van der Waals surface area contributed by atoms with Crippen LogP contribution in [0.3, 0.4) is 0 Å². The van der Waals surface area contributed by atoms with Gasteiger partial charge in [0.15, 0.2) is 0 Å². The van der Waals surface area contributed by atoms with Crippen LogP contribution in [0.4, 0.5) is 11.4 Å². The van der Waals surface area contributed by atoms with Crippen LogP contribution in [0.1, 0.15) is 26.7 Å². The number of carbonyl (C=O) groups is 1. The Morgan fingerprint density at radius 3 is 2.58 bits per heavy atom. The molecule has 0 aliphatic carbocycles. The van der Waals surface area contributed by atoms with Crippen molar-refractivity contribution >= 4 is 27.4 Å². The topological polar surface area (TPSA) is 110 Å². The average Bonchev–Trinajstić information content (AvgIpc) is 3.10. The molecular weight excluding hydrogens is 362 g/mol. The van der Waals surface area contributed by atoms with Crippen molar-refractivity contribution in [3.05, 3.63) is 28.3 Å². The first kappa shape index (κ1) is 20.1. The Balaban J connectivity index is 2.51. The number of benzene rings is 1. The smallest absolute Gasteiger partial charge is 0.328 e. The lowest BCUT2D eigenvalue weighted by Gasteiger charge is -2.25. The second-order valence-electron chi connectivity index (χ2n) is 5.87. The van der Waals surface area contributed by atoms with Gasteiger partial charge in [-0.3, -0.25) is 10.1 Å². The lowest BCUT2D eigenvalue weighted by Crippen LogP contribution is -2.37. The highest BCUT2D eigenvalue weighted by Gasteiger charge is 2.36. The van der Waals surface area contributed by atoms with E-state index in [1.165, 1.54) is 23.5 Å². The zero-order valence-electron chi connectivity index (χ0n) is 15.0. The van der Waals surface area contributed by atoms with Crippen molar-refractivity contribution in [2.24, 2.45) is 0 Å². The molecule has 10 heteroatoms. The van der Waals surface area contributed by atoms with Crippen LogP contribution in [0.5, 0.6) is 0 Å². The third-order valence-electron chi connectivity index (χ3n) is 4.52. The molecule has 2 rings (SSSR count). The van der Waals surface area contributed by atoms with Crippen molar-refractivity contribution < 1.29 is 22.9 Å². The van der Waals surface area contributed by atoms with Gasteiger partial charge in [0.2, 0.25) is 10.0 Å². The molecule has 9 nitrogen and oxygen atoms in total. The molecule has 0 bridgehead atoms. The highest BCUT2D eigenvalue weighted by molar-refractivity contribution is 7.89. The van der Waals surface area contributed by atoms with Crippen LogP contribution in [0.15, 0.2) is 23.1 Å². The fraction of sp³-hybridized carbons (Fsp3) is 0.562. The summed E-state index contributed by atoms with van der Waals surface area (Å²) in [4.78, 5) is 24.4. The third kappa shape index (κ3) is 3.65. The summed E-state index contributed by atoms with van der Waals surface area (Å²) in [6, 6.07) is 3.21.